The minimum Gasteiger partial charge on any atom is -0.463 e. The van der Waals surface area contributed by atoms with Crippen molar-refractivity contribution < 1.29 is 4.74 Å². The van der Waals surface area contributed by atoms with Gasteiger partial charge in [0.15, 0.2) is 16.8 Å². The van der Waals surface area contributed by atoms with Crippen LogP contribution in [-0.2, 0) is 0 Å². The number of hydrogen-bond acceptors (Lipinski definition) is 6. The summed E-state index contributed by atoms with van der Waals surface area (Å²) in [5.74, 6) is 0.521. The van der Waals surface area contributed by atoms with Crippen LogP contribution in [0.5, 0.6) is 5.88 Å². The first-order valence-corrected chi connectivity index (χ1v) is 8.98. The summed E-state index contributed by atoms with van der Waals surface area (Å²) in [5.41, 5.74) is 1.88. The zero-order chi connectivity index (χ0) is 18.6. The lowest BCUT2D eigenvalue weighted by Gasteiger charge is -2.20. The predicted molar refractivity (Wildman–Crippen MR) is 102 cm³/mol. The van der Waals surface area contributed by atoms with E-state index in [-0.39, 0.29) is 16.6 Å². The molecule has 0 aliphatic heterocycles. The molecule has 27 heavy (non-hydrogen) atoms. The lowest BCUT2D eigenvalue weighted by molar-refractivity contribution is 0.236. The molecule has 1 fully saturated rings. The Hall–Kier alpha value is -3.17. The van der Waals surface area contributed by atoms with Gasteiger partial charge in [0.1, 0.15) is 6.07 Å². The third-order valence-corrected chi connectivity index (χ3v) is 4.45. The molecule has 0 amide bonds. The van der Waals surface area contributed by atoms with E-state index in [1.807, 2.05) is 48.5 Å². The Labute approximate surface area is 161 Å². The standard InChI is InChI=1S/C20H16ClN5O/c21-18-16(11-22)19(26-20(25-18)24-15-8-9-15)27-17(13-5-2-1-3-6-13)14-7-4-10-23-12-14/h1-7,10,12,15,17H,8-9H2,(H,24,25,26). The minimum atomic E-state index is -0.480. The molecule has 2 aromatic heterocycles. The minimum absolute atomic E-state index is 0.0728. The molecule has 7 heteroatoms. The highest BCUT2D eigenvalue weighted by Crippen LogP contribution is 2.33. The zero-order valence-electron chi connectivity index (χ0n) is 14.3. The topological polar surface area (TPSA) is 83.7 Å². The van der Waals surface area contributed by atoms with Crippen molar-refractivity contribution in [2.75, 3.05) is 5.32 Å². The van der Waals surface area contributed by atoms with Gasteiger partial charge in [-0.25, -0.2) is 0 Å². The summed E-state index contributed by atoms with van der Waals surface area (Å²) >= 11 is 6.21. The Balaban J connectivity index is 1.74. The number of ether oxygens (including phenoxy) is 1. The molecule has 1 aliphatic rings. The largest absolute Gasteiger partial charge is 0.463 e. The van der Waals surface area contributed by atoms with Gasteiger partial charge in [-0.15, -0.1) is 0 Å². The molecule has 1 unspecified atom stereocenters. The monoisotopic (exact) mass is 377 g/mol. The molecule has 4 rings (SSSR count). The summed E-state index contributed by atoms with van der Waals surface area (Å²) in [6.45, 7) is 0. The van der Waals surface area contributed by atoms with E-state index in [1.54, 1.807) is 12.4 Å². The maximum Gasteiger partial charge on any atom is 0.239 e. The van der Waals surface area contributed by atoms with Gasteiger partial charge in [0.05, 0.1) is 0 Å². The fourth-order valence-electron chi connectivity index (χ4n) is 2.67. The number of benzene rings is 1. The fraction of sp³-hybridized carbons (Fsp3) is 0.200. The van der Waals surface area contributed by atoms with Gasteiger partial charge in [-0.2, -0.15) is 15.2 Å². The van der Waals surface area contributed by atoms with Crippen LogP contribution in [0.3, 0.4) is 0 Å². The summed E-state index contributed by atoms with van der Waals surface area (Å²) < 4.78 is 6.19. The van der Waals surface area contributed by atoms with Crippen molar-refractivity contribution in [2.24, 2.45) is 0 Å². The van der Waals surface area contributed by atoms with Crippen molar-refractivity contribution in [3.63, 3.8) is 0 Å². The first-order valence-electron chi connectivity index (χ1n) is 8.60. The second-order valence-corrected chi connectivity index (χ2v) is 6.60. The first kappa shape index (κ1) is 17.3. The van der Waals surface area contributed by atoms with Gasteiger partial charge in [0.25, 0.3) is 0 Å². The number of nitrogens with one attached hydrogen (secondary N) is 1. The molecule has 2 heterocycles. The van der Waals surface area contributed by atoms with Gasteiger partial charge in [0.2, 0.25) is 11.8 Å². The van der Waals surface area contributed by atoms with Crippen LogP contribution in [0.4, 0.5) is 5.95 Å². The summed E-state index contributed by atoms with van der Waals surface area (Å²) in [4.78, 5) is 12.8. The van der Waals surface area contributed by atoms with Crippen LogP contribution >= 0.6 is 11.6 Å². The molecule has 1 atom stereocenters. The number of nitrogens with zero attached hydrogens (tertiary/aromatic N) is 4. The van der Waals surface area contributed by atoms with Gasteiger partial charge < -0.3 is 10.1 Å². The SMILES string of the molecule is N#Cc1c(Cl)nc(NC2CC2)nc1OC(c1ccccc1)c1cccnc1. The summed E-state index contributed by atoms with van der Waals surface area (Å²) in [6.07, 6.45) is 5.09. The van der Waals surface area contributed by atoms with E-state index in [0.29, 0.717) is 12.0 Å². The van der Waals surface area contributed by atoms with E-state index in [1.165, 1.54) is 0 Å². The summed E-state index contributed by atoms with van der Waals surface area (Å²) in [6, 6.07) is 15.9. The Morgan fingerprint density at radius 2 is 1.89 bits per heavy atom. The van der Waals surface area contributed by atoms with Gasteiger partial charge >= 0.3 is 0 Å². The third-order valence-electron chi connectivity index (χ3n) is 4.17. The molecular weight excluding hydrogens is 362 g/mol. The molecule has 0 spiro atoms. The number of halogens is 1. The average molecular weight is 378 g/mol. The highest BCUT2D eigenvalue weighted by Gasteiger charge is 2.25. The van der Waals surface area contributed by atoms with Crippen LogP contribution < -0.4 is 10.1 Å². The van der Waals surface area contributed by atoms with Gasteiger partial charge in [0, 0.05) is 24.0 Å². The molecule has 6 nitrogen and oxygen atoms in total. The van der Waals surface area contributed by atoms with Crippen LogP contribution in [-0.4, -0.2) is 21.0 Å². The smallest absolute Gasteiger partial charge is 0.239 e. The van der Waals surface area contributed by atoms with Crippen LogP contribution in [0.1, 0.15) is 35.6 Å². The lowest BCUT2D eigenvalue weighted by Crippen LogP contribution is -2.14. The molecule has 134 valence electrons. The van der Waals surface area contributed by atoms with Crippen LogP contribution in [0.2, 0.25) is 5.15 Å². The Morgan fingerprint density at radius 3 is 2.56 bits per heavy atom. The van der Waals surface area contributed by atoms with Gasteiger partial charge in [-0.3, -0.25) is 4.98 Å². The van der Waals surface area contributed by atoms with Crippen LogP contribution in [0.25, 0.3) is 0 Å². The molecule has 1 saturated carbocycles. The number of aromatic nitrogens is 3. The predicted octanol–water partition coefficient (Wildman–Crippen LogP) is 4.14. The van der Waals surface area contributed by atoms with Crippen LogP contribution in [0, 0.1) is 11.3 Å². The number of anilines is 1. The quantitative estimate of drug-likeness (QED) is 0.650. The molecule has 0 saturated heterocycles. The number of pyridine rings is 1. The maximum atomic E-state index is 9.51. The molecule has 0 bridgehead atoms. The molecule has 1 aliphatic carbocycles. The Bertz CT molecular complexity index is 931. The van der Waals surface area contributed by atoms with Gasteiger partial charge in [-0.1, -0.05) is 48.0 Å². The van der Waals surface area contributed by atoms with E-state index < -0.39 is 6.10 Å². The highest BCUT2D eigenvalue weighted by atomic mass is 35.5. The molecule has 3 aromatic rings. The molecule has 1 N–H and O–H groups in total. The summed E-state index contributed by atoms with van der Waals surface area (Å²) in [5, 5.41) is 12.8. The fourth-order valence-corrected chi connectivity index (χ4v) is 2.87. The first-order chi connectivity index (χ1) is 13.2. The van der Waals surface area contributed by atoms with E-state index in [0.717, 1.165) is 24.0 Å². The summed E-state index contributed by atoms with van der Waals surface area (Å²) in [7, 11) is 0. The Morgan fingerprint density at radius 1 is 1.11 bits per heavy atom. The van der Waals surface area contributed by atoms with Crippen molar-refractivity contribution in [3.8, 4) is 11.9 Å². The normalized spacial score (nSPS) is 14.2. The van der Waals surface area contributed by atoms with E-state index in [9.17, 15) is 5.26 Å². The lowest BCUT2D eigenvalue weighted by atomic mass is 10.0. The van der Waals surface area contributed by atoms with Crippen molar-refractivity contribution in [1.82, 2.24) is 15.0 Å². The number of rotatable bonds is 6. The van der Waals surface area contributed by atoms with Gasteiger partial charge in [-0.05, 0) is 24.5 Å². The zero-order valence-corrected chi connectivity index (χ0v) is 15.1. The van der Waals surface area contributed by atoms with Crippen molar-refractivity contribution in [3.05, 3.63) is 76.7 Å². The number of nitriles is 1. The van der Waals surface area contributed by atoms with Crippen molar-refractivity contribution in [1.29, 1.82) is 5.26 Å². The second kappa shape index (κ2) is 7.60. The van der Waals surface area contributed by atoms with E-state index >= 15 is 0 Å². The average Bonchev–Trinajstić information content (AvgIpc) is 3.51. The van der Waals surface area contributed by atoms with Crippen molar-refractivity contribution in [2.45, 2.75) is 25.0 Å². The third kappa shape index (κ3) is 3.99. The molecular formula is C20H16ClN5O. The Kier molecular flexibility index (Phi) is 4.86. The van der Waals surface area contributed by atoms with E-state index in [2.05, 4.69) is 20.3 Å². The van der Waals surface area contributed by atoms with E-state index in [4.69, 9.17) is 16.3 Å². The molecule has 0 radical (unpaired) electrons. The molecule has 1 aromatic carbocycles. The second-order valence-electron chi connectivity index (χ2n) is 6.24. The van der Waals surface area contributed by atoms with Crippen LogP contribution in [0.15, 0.2) is 54.9 Å². The maximum absolute atomic E-state index is 9.51. The highest BCUT2D eigenvalue weighted by molar-refractivity contribution is 6.30. The number of hydrogen-bond donors (Lipinski definition) is 1. The van der Waals surface area contributed by atoms with Crippen molar-refractivity contribution >= 4 is 17.5 Å².